The van der Waals surface area contributed by atoms with E-state index < -0.39 is 0 Å². The third-order valence-electron chi connectivity index (χ3n) is 7.14. The standard InChI is InChI=1S/C29H34N2O3/c1-20(2)19-34-24-16-14-22(15-17-24)26-27(30-18-8-10-21-9-6-7-13-25(21)30)29(33)31(28(26)32)23-11-4-3-5-12-23/h6-7,9,13-17,20,23H,3-5,8,10-12,18-19H2,1-2H3. The zero-order chi connectivity index (χ0) is 23.7. The van der Waals surface area contributed by atoms with Crippen LogP contribution in [0.15, 0.2) is 54.2 Å². The fourth-order valence-corrected chi connectivity index (χ4v) is 5.46. The van der Waals surface area contributed by atoms with Crippen LogP contribution in [0.25, 0.3) is 5.57 Å². The number of amides is 2. The van der Waals surface area contributed by atoms with Gasteiger partial charge >= 0.3 is 0 Å². The molecule has 2 amide bonds. The second-order valence-electron chi connectivity index (χ2n) is 10.1. The molecule has 0 spiro atoms. The number of ether oxygens (including phenoxy) is 1. The van der Waals surface area contributed by atoms with Gasteiger partial charge in [-0.1, -0.05) is 63.4 Å². The molecule has 0 aromatic heterocycles. The van der Waals surface area contributed by atoms with Gasteiger partial charge in [0, 0.05) is 18.3 Å². The van der Waals surface area contributed by atoms with Crippen LogP contribution in [-0.4, -0.2) is 35.9 Å². The molecule has 0 bridgehead atoms. The summed E-state index contributed by atoms with van der Waals surface area (Å²) in [6.45, 7) is 5.61. The molecule has 5 rings (SSSR count). The number of carbonyl (C=O) groups is 2. The highest BCUT2D eigenvalue weighted by Gasteiger charge is 2.45. The van der Waals surface area contributed by atoms with Crippen LogP contribution in [-0.2, 0) is 16.0 Å². The number of hydrogen-bond donors (Lipinski definition) is 0. The monoisotopic (exact) mass is 458 g/mol. The molecule has 5 nitrogen and oxygen atoms in total. The van der Waals surface area contributed by atoms with Gasteiger partial charge in [-0.2, -0.15) is 0 Å². The average Bonchev–Trinajstić information content (AvgIpc) is 3.12. The van der Waals surface area contributed by atoms with Gasteiger partial charge in [0.15, 0.2) is 0 Å². The molecule has 2 aromatic rings. The first-order chi connectivity index (χ1) is 16.5. The highest BCUT2D eigenvalue weighted by molar-refractivity contribution is 6.37. The van der Waals surface area contributed by atoms with Gasteiger partial charge in [-0.3, -0.25) is 14.5 Å². The summed E-state index contributed by atoms with van der Waals surface area (Å²) in [5.74, 6) is 0.935. The maximum absolute atomic E-state index is 13.9. The van der Waals surface area contributed by atoms with E-state index in [1.165, 1.54) is 12.0 Å². The summed E-state index contributed by atoms with van der Waals surface area (Å²) in [7, 11) is 0. The van der Waals surface area contributed by atoms with E-state index >= 15 is 0 Å². The zero-order valence-electron chi connectivity index (χ0n) is 20.3. The van der Waals surface area contributed by atoms with Crippen molar-refractivity contribution < 1.29 is 14.3 Å². The van der Waals surface area contributed by atoms with Gasteiger partial charge in [-0.25, -0.2) is 0 Å². The van der Waals surface area contributed by atoms with Crippen molar-refractivity contribution in [3.8, 4) is 5.75 Å². The summed E-state index contributed by atoms with van der Waals surface area (Å²) in [4.78, 5) is 31.5. The Morgan fingerprint density at radius 1 is 0.912 bits per heavy atom. The number of benzene rings is 2. The van der Waals surface area contributed by atoms with Crippen LogP contribution < -0.4 is 9.64 Å². The van der Waals surface area contributed by atoms with Crippen LogP contribution in [0, 0.1) is 5.92 Å². The molecule has 2 aromatic carbocycles. The molecule has 178 valence electrons. The van der Waals surface area contributed by atoms with Crippen molar-refractivity contribution in [1.82, 2.24) is 4.90 Å². The molecule has 34 heavy (non-hydrogen) atoms. The van der Waals surface area contributed by atoms with Crippen LogP contribution in [0.4, 0.5) is 5.69 Å². The SMILES string of the molecule is CC(C)COc1ccc(C2=C(N3CCCc4ccccc43)C(=O)N(C3CCCCC3)C2=O)cc1. The van der Waals surface area contributed by atoms with Gasteiger partial charge in [0.1, 0.15) is 11.4 Å². The van der Waals surface area contributed by atoms with E-state index in [9.17, 15) is 9.59 Å². The number of anilines is 1. The van der Waals surface area contributed by atoms with Crippen LogP contribution >= 0.6 is 0 Å². The number of rotatable bonds is 6. The lowest BCUT2D eigenvalue weighted by molar-refractivity contribution is -0.140. The molecule has 3 aliphatic rings. The molecule has 1 fully saturated rings. The van der Waals surface area contributed by atoms with E-state index in [4.69, 9.17) is 4.74 Å². The maximum Gasteiger partial charge on any atom is 0.278 e. The highest BCUT2D eigenvalue weighted by Crippen LogP contribution is 2.40. The van der Waals surface area contributed by atoms with Crippen molar-refractivity contribution in [2.45, 2.75) is 64.8 Å². The van der Waals surface area contributed by atoms with Crippen molar-refractivity contribution >= 4 is 23.1 Å². The Balaban J connectivity index is 1.56. The van der Waals surface area contributed by atoms with Crippen molar-refractivity contribution in [2.24, 2.45) is 5.92 Å². The molecule has 5 heteroatoms. The molecule has 0 saturated heterocycles. The van der Waals surface area contributed by atoms with E-state index in [2.05, 4.69) is 30.9 Å². The van der Waals surface area contributed by atoms with Gasteiger partial charge < -0.3 is 9.64 Å². The molecule has 0 unspecified atom stereocenters. The number of imide groups is 1. The average molecular weight is 459 g/mol. The van der Waals surface area contributed by atoms with E-state index in [-0.39, 0.29) is 17.9 Å². The summed E-state index contributed by atoms with van der Waals surface area (Å²) in [6, 6.07) is 15.9. The predicted octanol–water partition coefficient (Wildman–Crippen LogP) is 5.59. The fraction of sp³-hybridized carbons (Fsp3) is 0.448. The summed E-state index contributed by atoms with van der Waals surface area (Å²) >= 11 is 0. The van der Waals surface area contributed by atoms with Gasteiger partial charge in [-0.05, 0) is 60.9 Å². The number of nitrogens with zero attached hydrogens (tertiary/aromatic N) is 2. The Labute approximate surface area is 202 Å². The number of para-hydroxylation sites is 1. The molecule has 0 atom stereocenters. The largest absolute Gasteiger partial charge is 0.493 e. The number of aryl methyl sites for hydroxylation is 1. The van der Waals surface area contributed by atoms with Gasteiger partial charge in [0.25, 0.3) is 11.8 Å². The second kappa shape index (κ2) is 9.65. The van der Waals surface area contributed by atoms with E-state index in [1.807, 2.05) is 36.4 Å². The van der Waals surface area contributed by atoms with Crippen molar-refractivity contribution in [2.75, 3.05) is 18.1 Å². The highest BCUT2D eigenvalue weighted by atomic mass is 16.5. The zero-order valence-corrected chi connectivity index (χ0v) is 20.3. The van der Waals surface area contributed by atoms with Crippen molar-refractivity contribution in [1.29, 1.82) is 0 Å². The lowest BCUT2D eigenvalue weighted by atomic mass is 9.94. The molecular weight excluding hydrogens is 424 g/mol. The van der Waals surface area contributed by atoms with E-state index in [0.29, 0.717) is 23.8 Å². The number of fused-ring (bicyclic) bond motifs is 1. The molecule has 0 radical (unpaired) electrons. The molecule has 2 aliphatic heterocycles. The molecular formula is C29H34N2O3. The molecule has 1 aliphatic carbocycles. The first-order valence-corrected chi connectivity index (χ1v) is 12.8. The minimum atomic E-state index is -0.147. The Kier molecular flexibility index (Phi) is 6.44. The Morgan fingerprint density at radius 2 is 1.65 bits per heavy atom. The Bertz CT molecular complexity index is 1100. The lowest BCUT2D eigenvalue weighted by Gasteiger charge is -2.33. The van der Waals surface area contributed by atoms with E-state index in [0.717, 1.165) is 62.1 Å². The topological polar surface area (TPSA) is 49.9 Å². The number of carbonyl (C=O) groups excluding carboxylic acids is 2. The first-order valence-electron chi connectivity index (χ1n) is 12.8. The minimum absolute atomic E-state index is 0.00469. The quantitative estimate of drug-likeness (QED) is 0.530. The van der Waals surface area contributed by atoms with Gasteiger partial charge in [-0.15, -0.1) is 0 Å². The van der Waals surface area contributed by atoms with E-state index in [1.54, 1.807) is 4.90 Å². The van der Waals surface area contributed by atoms with Crippen LogP contribution in [0.5, 0.6) is 5.75 Å². The predicted molar refractivity (Wildman–Crippen MR) is 135 cm³/mol. The first kappa shape index (κ1) is 22.7. The van der Waals surface area contributed by atoms with Gasteiger partial charge in [0.2, 0.25) is 0 Å². The molecule has 0 N–H and O–H groups in total. The van der Waals surface area contributed by atoms with Crippen LogP contribution in [0.2, 0.25) is 0 Å². The summed E-state index contributed by atoms with van der Waals surface area (Å²) in [5, 5.41) is 0. The van der Waals surface area contributed by atoms with Crippen molar-refractivity contribution in [3.63, 3.8) is 0 Å². The molecule has 1 saturated carbocycles. The third kappa shape index (κ3) is 4.24. The summed E-state index contributed by atoms with van der Waals surface area (Å²) in [6.07, 6.45) is 7.07. The van der Waals surface area contributed by atoms with Crippen molar-refractivity contribution in [3.05, 3.63) is 65.4 Å². The fourth-order valence-electron chi connectivity index (χ4n) is 5.46. The number of hydrogen-bond acceptors (Lipinski definition) is 4. The normalized spacial score (nSPS) is 19.3. The van der Waals surface area contributed by atoms with Crippen LogP contribution in [0.3, 0.4) is 0 Å². The Morgan fingerprint density at radius 3 is 2.38 bits per heavy atom. The lowest BCUT2D eigenvalue weighted by Crippen LogP contribution is -2.44. The minimum Gasteiger partial charge on any atom is -0.493 e. The summed E-state index contributed by atoms with van der Waals surface area (Å²) in [5.41, 5.74) is 4.13. The smallest absolute Gasteiger partial charge is 0.278 e. The Hall–Kier alpha value is -3.08. The van der Waals surface area contributed by atoms with Crippen LogP contribution in [0.1, 0.15) is 63.5 Å². The third-order valence-corrected chi connectivity index (χ3v) is 7.14. The maximum atomic E-state index is 13.9. The summed E-state index contributed by atoms with van der Waals surface area (Å²) < 4.78 is 5.85. The second-order valence-corrected chi connectivity index (χ2v) is 10.1. The van der Waals surface area contributed by atoms with Gasteiger partial charge in [0.05, 0.1) is 12.2 Å². The molecule has 2 heterocycles.